The quantitative estimate of drug-likeness (QED) is 0.548. The maximum Gasteiger partial charge on any atom is 0.237 e. The van der Waals surface area contributed by atoms with Gasteiger partial charge in [0.15, 0.2) is 0 Å². The van der Waals surface area contributed by atoms with E-state index in [-0.39, 0.29) is 11.2 Å². The molecule has 0 aliphatic carbocycles. The number of para-hydroxylation sites is 1. The Morgan fingerprint density at radius 1 is 1.08 bits per heavy atom. The molecule has 2 aromatic rings. The lowest BCUT2D eigenvalue weighted by Crippen LogP contribution is -2.23. The van der Waals surface area contributed by atoms with Gasteiger partial charge >= 0.3 is 0 Å². The first kappa shape index (κ1) is 20.7. The van der Waals surface area contributed by atoms with Gasteiger partial charge in [-0.3, -0.25) is 4.79 Å². The number of hydrogen-bond donors (Lipinski definition) is 1. The number of carbonyl (C=O) groups excluding carboxylic acids is 1. The number of rotatable bonds is 9. The van der Waals surface area contributed by atoms with E-state index in [1.807, 2.05) is 38.1 Å². The molecule has 0 saturated carbocycles. The Morgan fingerprint density at radius 3 is 2.23 bits per heavy atom. The Hall–Kier alpha value is -1.56. The van der Waals surface area contributed by atoms with Gasteiger partial charge in [0.25, 0.3) is 0 Å². The van der Waals surface area contributed by atoms with Crippen LogP contribution in [0.15, 0.2) is 42.5 Å². The van der Waals surface area contributed by atoms with Gasteiger partial charge in [-0.15, -0.1) is 11.8 Å². The molecule has 0 fully saturated rings. The first-order valence-electron chi connectivity index (χ1n) is 8.23. The minimum atomic E-state index is -0.258. The lowest BCUT2D eigenvalue weighted by molar-refractivity contribution is -0.115. The summed E-state index contributed by atoms with van der Waals surface area (Å²) in [5.74, 6) is 2.12. The highest BCUT2D eigenvalue weighted by Crippen LogP contribution is 2.30. The lowest BCUT2D eigenvalue weighted by atomic mass is 10.3. The molecule has 0 aromatic heterocycles. The summed E-state index contributed by atoms with van der Waals surface area (Å²) in [4.78, 5) is 12.3. The molecule has 0 radical (unpaired) electrons. The average molecular weight is 414 g/mol. The number of halogens is 2. The van der Waals surface area contributed by atoms with E-state index in [2.05, 4.69) is 5.32 Å². The van der Waals surface area contributed by atoms with Crippen molar-refractivity contribution in [2.24, 2.45) is 0 Å². The van der Waals surface area contributed by atoms with Crippen LogP contribution in [-0.2, 0) is 4.79 Å². The Bertz CT molecular complexity index is 705. The standard InChI is InChI=1S/C19H21Cl2NO3S/c1-3-24-14-7-9-15(10-8-14)25-11-12-26-13(2)19(23)22-18-16(20)5-4-6-17(18)21/h4-10,13H,3,11-12H2,1-2H3,(H,22,23). The number of thioether (sulfide) groups is 1. The minimum absolute atomic E-state index is 0.147. The first-order chi connectivity index (χ1) is 12.5. The van der Waals surface area contributed by atoms with Gasteiger partial charge in [0.1, 0.15) is 11.5 Å². The van der Waals surface area contributed by atoms with Gasteiger partial charge in [0.2, 0.25) is 5.91 Å². The summed E-state index contributed by atoms with van der Waals surface area (Å²) < 4.78 is 11.1. The average Bonchev–Trinajstić information content (AvgIpc) is 2.63. The van der Waals surface area contributed by atoms with E-state index in [1.165, 1.54) is 11.8 Å². The van der Waals surface area contributed by atoms with Crippen molar-refractivity contribution in [3.8, 4) is 11.5 Å². The third-order valence-corrected chi connectivity index (χ3v) is 5.18. The molecule has 1 N–H and O–H groups in total. The molecule has 7 heteroatoms. The maximum atomic E-state index is 12.3. The highest BCUT2D eigenvalue weighted by molar-refractivity contribution is 8.00. The molecule has 1 amide bonds. The smallest absolute Gasteiger partial charge is 0.237 e. The largest absolute Gasteiger partial charge is 0.494 e. The minimum Gasteiger partial charge on any atom is -0.494 e. The Labute approximate surface area is 168 Å². The third-order valence-electron chi connectivity index (χ3n) is 3.43. The SMILES string of the molecule is CCOc1ccc(OCCSC(C)C(=O)Nc2c(Cl)cccc2Cl)cc1. The lowest BCUT2D eigenvalue weighted by Gasteiger charge is -2.14. The van der Waals surface area contributed by atoms with E-state index in [9.17, 15) is 4.79 Å². The molecule has 0 heterocycles. The van der Waals surface area contributed by atoms with Gasteiger partial charge < -0.3 is 14.8 Å². The predicted octanol–water partition coefficient (Wildman–Crippen LogP) is 5.53. The van der Waals surface area contributed by atoms with Gasteiger partial charge in [-0.05, 0) is 50.2 Å². The molecule has 0 aliphatic rings. The van der Waals surface area contributed by atoms with Crippen LogP contribution < -0.4 is 14.8 Å². The highest BCUT2D eigenvalue weighted by atomic mass is 35.5. The van der Waals surface area contributed by atoms with E-state index in [4.69, 9.17) is 32.7 Å². The fourth-order valence-corrected chi connectivity index (χ4v) is 3.34. The van der Waals surface area contributed by atoms with Crippen molar-refractivity contribution in [1.82, 2.24) is 0 Å². The normalized spacial score (nSPS) is 11.7. The summed E-state index contributed by atoms with van der Waals surface area (Å²) in [6, 6.07) is 12.6. The number of carbonyl (C=O) groups is 1. The van der Waals surface area contributed by atoms with Crippen LogP contribution in [0, 0.1) is 0 Å². The maximum absolute atomic E-state index is 12.3. The van der Waals surface area contributed by atoms with Crippen LogP contribution in [0.5, 0.6) is 11.5 Å². The molecule has 0 spiro atoms. The summed E-state index contributed by atoms with van der Waals surface area (Å²) in [6.45, 7) is 4.92. The third kappa shape index (κ3) is 6.31. The number of benzene rings is 2. The summed E-state index contributed by atoms with van der Waals surface area (Å²) in [6.07, 6.45) is 0. The van der Waals surface area contributed by atoms with Crippen molar-refractivity contribution in [3.63, 3.8) is 0 Å². The van der Waals surface area contributed by atoms with Gasteiger partial charge in [0, 0.05) is 5.75 Å². The number of anilines is 1. The monoisotopic (exact) mass is 413 g/mol. The summed E-state index contributed by atoms with van der Waals surface area (Å²) in [5.41, 5.74) is 0.443. The zero-order chi connectivity index (χ0) is 18.9. The molecule has 0 aliphatic heterocycles. The molecule has 0 saturated heterocycles. The predicted molar refractivity (Wildman–Crippen MR) is 110 cm³/mol. The van der Waals surface area contributed by atoms with Crippen molar-refractivity contribution in [1.29, 1.82) is 0 Å². The number of nitrogens with one attached hydrogen (secondary N) is 1. The van der Waals surface area contributed by atoms with Crippen LogP contribution in [0.4, 0.5) is 5.69 Å². The molecular weight excluding hydrogens is 393 g/mol. The molecule has 140 valence electrons. The molecule has 1 unspecified atom stereocenters. The second-order valence-corrected chi connectivity index (χ2v) is 7.61. The number of amides is 1. The second-order valence-electron chi connectivity index (χ2n) is 5.35. The highest BCUT2D eigenvalue weighted by Gasteiger charge is 2.16. The molecular formula is C19H21Cl2NO3S. The van der Waals surface area contributed by atoms with Crippen molar-refractivity contribution >= 4 is 46.6 Å². The fourth-order valence-electron chi connectivity index (χ4n) is 2.10. The number of ether oxygens (including phenoxy) is 2. The summed E-state index contributed by atoms with van der Waals surface area (Å²) >= 11 is 13.6. The fraction of sp³-hybridized carbons (Fsp3) is 0.316. The zero-order valence-corrected chi connectivity index (χ0v) is 17.0. The van der Waals surface area contributed by atoms with Crippen LogP contribution in [0.3, 0.4) is 0 Å². The van der Waals surface area contributed by atoms with E-state index in [0.717, 1.165) is 11.5 Å². The summed E-state index contributed by atoms with van der Waals surface area (Å²) in [7, 11) is 0. The molecule has 26 heavy (non-hydrogen) atoms. The van der Waals surface area contributed by atoms with Crippen LogP contribution in [-0.4, -0.2) is 30.1 Å². The van der Waals surface area contributed by atoms with Crippen LogP contribution in [0.1, 0.15) is 13.8 Å². The zero-order valence-electron chi connectivity index (χ0n) is 14.6. The van der Waals surface area contributed by atoms with Crippen LogP contribution >= 0.6 is 35.0 Å². The Morgan fingerprint density at radius 2 is 1.65 bits per heavy atom. The van der Waals surface area contributed by atoms with Gasteiger partial charge in [-0.1, -0.05) is 29.3 Å². The molecule has 2 aromatic carbocycles. The Kier molecular flexibility index (Phi) is 8.42. The van der Waals surface area contributed by atoms with Gasteiger partial charge in [-0.25, -0.2) is 0 Å². The topological polar surface area (TPSA) is 47.6 Å². The molecule has 0 bridgehead atoms. The van der Waals surface area contributed by atoms with Crippen molar-refractivity contribution in [3.05, 3.63) is 52.5 Å². The molecule has 4 nitrogen and oxygen atoms in total. The van der Waals surface area contributed by atoms with Gasteiger partial charge in [-0.2, -0.15) is 0 Å². The van der Waals surface area contributed by atoms with E-state index < -0.39 is 0 Å². The first-order valence-corrected chi connectivity index (χ1v) is 10.0. The van der Waals surface area contributed by atoms with E-state index in [0.29, 0.717) is 34.7 Å². The number of hydrogen-bond acceptors (Lipinski definition) is 4. The van der Waals surface area contributed by atoms with E-state index in [1.54, 1.807) is 18.2 Å². The van der Waals surface area contributed by atoms with Crippen molar-refractivity contribution < 1.29 is 14.3 Å². The summed E-state index contributed by atoms with van der Waals surface area (Å²) in [5, 5.41) is 3.36. The van der Waals surface area contributed by atoms with Crippen molar-refractivity contribution in [2.75, 3.05) is 24.3 Å². The van der Waals surface area contributed by atoms with Crippen LogP contribution in [0.2, 0.25) is 10.0 Å². The van der Waals surface area contributed by atoms with Crippen molar-refractivity contribution in [2.45, 2.75) is 19.1 Å². The second kappa shape index (κ2) is 10.6. The molecule has 1 atom stereocenters. The van der Waals surface area contributed by atoms with E-state index >= 15 is 0 Å². The van der Waals surface area contributed by atoms with Crippen LogP contribution in [0.25, 0.3) is 0 Å². The van der Waals surface area contributed by atoms with Gasteiger partial charge in [0.05, 0.1) is 34.2 Å². The molecule has 2 rings (SSSR count). The Balaban J connectivity index is 1.74.